The van der Waals surface area contributed by atoms with Crippen molar-refractivity contribution in [2.45, 2.75) is 46.0 Å². The van der Waals surface area contributed by atoms with Gasteiger partial charge in [-0.05, 0) is 50.5 Å². The van der Waals surface area contributed by atoms with Gasteiger partial charge in [-0.15, -0.1) is 0 Å². The zero-order chi connectivity index (χ0) is 12.4. The summed E-state index contributed by atoms with van der Waals surface area (Å²) in [5.41, 5.74) is 0. The molecule has 0 spiro atoms. The van der Waals surface area contributed by atoms with E-state index in [0.717, 1.165) is 30.7 Å². The number of carbonyl (C=O) groups is 1. The first-order valence-electron chi connectivity index (χ1n) is 7.31. The van der Waals surface area contributed by atoms with E-state index in [1.165, 1.54) is 25.7 Å². The quantitative estimate of drug-likeness (QED) is 0.708. The van der Waals surface area contributed by atoms with Crippen LogP contribution < -0.4 is 0 Å². The van der Waals surface area contributed by atoms with Crippen LogP contribution in [0, 0.1) is 23.7 Å². The van der Waals surface area contributed by atoms with Gasteiger partial charge in [0.25, 0.3) is 0 Å². The summed E-state index contributed by atoms with van der Waals surface area (Å²) in [5.74, 6) is 3.52. The summed E-state index contributed by atoms with van der Waals surface area (Å²) in [6.07, 6.45) is 6.78. The van der Waals surface area contributed by atoms with Crippen molar-refractivity contribution in [1.82, 2.24) is 4.90 Å². The van der Waals surface area contributed by atoms with Crippen molar-refractivity contribution >= 4 is 5.78 Å². The van der Waals surface area contributed by atoms with Gasteiger partial charge in [-0.2, -0.15) is 0 Å². The highest BCUT2D eigenvalue weighted by Crippen LogP contribution is 2.48. The lowest BCUT2D eigenvalue weighted by Crippen LogP contribution is -2.34. The van der Waals surface area contributed by atoms with E-state index in [9.17, 15) is 4.79 Å². The molecule has 0 aromatic heterocycles. The minimum absolute atomic E-state index is 0.234. The first kappa shape index (κ1) is 13.1. The van der Waals surface area contributed by atoms with Crippen LogP contribution in [0.15, 0.2) is 0 Å². The molecule has 4 unspecified atom stereocenters. The van der Waals surface area contributed by atoms with Gasteiger partial charge in [-0.1, -0.05) is 20.3 Å². The monoisotopic (exact) mass is 237 g/mol. The fourth-order valence-corrected chi connectivity index (χ4v) is 3.71. The Kier molecular flexibility index (Phi) is 4.24. The van der Waals surface area contributed by atoms with Gasteiger partial charge >= 0.3 is 0 Å². The summed E-state index contributed by atoms with van der Waals surface area (Å²) >= 11 is 0. The maximum atomic E-state index is 11.9. The largest absolute Gasteiger partial charge is 0.299 e. The molecule has 2 aliphatic carbocycles. The highest BCUT2D eigenvalue weighted by molar-refractivity contribution is 5.82. The average Bonchev–Trinajstić information content (AvgIpc) is 2.89. The average molecular weight is 237 g/mol. The molecule has 0 heterocycles. The molecule has 2 fully saturated rings. The van der Waals surface area contributed by atoms with Gasteiger partial charge in [0.05, 0.1) is 6.54 Å². The van der Waals surface area contributed by atoms with Gasteiger partial charge in [0, 0.05) is 12.5 Å². The van der Waals surface area contributed by atoms with Crippen LogP contribution >= 0.6 is 0 Å². The zero-order valence-electron chi connectivity index (χ0n) is 11.6. The van der Waals surface area contributed by atoms with Crippen molar-refractivity contribution < 1.29 is 4.79 Å². The molecule has 0 radical (unpaired) electrons. The number of hydrogen-bond acceptors (Lipinski definition) is 2. The molecule has 0 aromatic rings. The van der Waals surface area contributed by atoms with E-state index < -0.39 is 0 Å². The molecule has 0 N–H and O–H groups in total. The second-order valence-corrected chi connectivity index (χ2v) is 6.41. The van der Waals surface area contributed by atoms with Crippen LogP contribution in [0.5, 0.6) is 0 Å². The lowest BCUT2D eigenvalue weighted by atomic mass is 9.88. The van der Waals surface area contributed by atoms with Gasteiger partial charge in [-0.3, -0.25) is 9.69 Å². The van der Waals surface area contributed by atoms with Crippen LogP contribution in [0.3, 0.4) is 0 Å². The van der Waals surface area contributed by atoms with Gasteiger partial charge in [0.1, 0.15) is 5.78 Å². The van der Waals surface area contributed by atoms with Gasteiger partial charge in [0.2, 0.25) is 0 Å². The topological polar surface area (TPSA) is 20.3 Å². The molecule has 2 saturated carbocycles. The standard InChI is InChI=1S/C15H27NO/c1-4-11(2)15(17)10-16(3)9-14-8-12-5-6-13(14)7-12/h11-14H,4-10H2,1-3H3. The van der Waals surface area contributed by atoms with Crippen molar-refractivity contribution in [3.8, 4) is 0 Å². The third-order valence-corrected chi connectivity index (χ3v) is 5.02. The highest BCUT2D eigenvalue weighted by atomic mass is 16.1. The van der Waals surface area contributed by atoms with Crippen LogP contribution in [0.4, 0.5) is 0 Å². The number of rotatable bonds is 6. The molecule has 17 heavy (non-hydrogen) atoms. The number of ketones is 1. The second-order valence-electron chi connectivity index (χ2n) is 6.41. The van der Waals surface area contributed by atoms with E-state index in [1.54, 1.807) is 0 Å². The Morgan fingerprint density at radius 1 is 1.35 bits per heavy atom. The smallest absolute Gasteiger partial charge is 0.149 e. The normalized spacial score (nSPS) is 33.3. The van der Waals surface area contributed by atoms with E-state index >= 15 is 0 Å². The number of likely N-dealkylation sites (N-methyl/N-ethyl adjacent to an activating group) is 1. The zero-order valence-corrected chi connectivity index (χ0v) is 11.6. The van der Waals surface area contributed by atoms with Gasteiger partial charge in [0.15, 0.2) is 0 Å². The summed E-state index contributed by atoms with van der Waals surface area (Å²) in [7, 11) is 2.12. The predicted octanol–water partition coefficient (Wildman–Crippen LogP) is 2.97. The first-order chi connectivity index (χ1) is 8.10. The number of hydrogen-bond donors (Lipinski definition) is 0. The predicted molar refractivity (Wildman–Crippen MR) is 70.9 cm³/mol. The lowest BCUT2D eigenvalue weighted by molar-refractivity contribution is -0.123. The molecule has 2 aliphatic rings. The van der Waals surface area contributed by atoms with E-state index in [-0.39, 0.29) is 5.92 Å². The van der Waals surface area contributed by atoms with Crippen LogP contribution in [0.1, 0.15) is 46.0 Å². The fourth-order valence-electron chi connectivity index (χ4n) is 3.71. The lowest BCUT2D eigenvalue weighted by Gasteiger charge is -2.27. The third-order valence-electron chi connectivity index (χ3n) is 5.02. The van der Waals surface area contributed by atoms with Gasteiger partial charge < -0.3 is 0 Å². The van der Waals surface area contributed by atoms with Crippen molar-refractivity contribution in [1.29, 1.82) is 0 Å². The third kappa shape index (κ3) is 3.09. The summed E-state index contributed by atoms with van der Waals surface area (Å²) in [6.45, 7) is 5.94. The van der Waals surface area contributed by atoms with Crippen molar-refractivity contribution in [3.05, 3.63) is 0 Å². The Balaban J connectivity index is 1.74. The Labute approximate surface area is 106 Å². The molecular formula is C15H27NO. The summed E-state index contributed by atoms with van der Waals surface area (Å²) < 4.78 is 0. The molecular weight excluding hydrogens is 210 g/mol. The highest BCUT2D eigenvalue weighted by Gasteiger charge is 2.39. The molecule has 4 atom stereocenters. The number of carbonyl (C=O) groups excluding carboxylic acids is 1. The van der Waals surface area contributed by atoms with E-state index in [1.807, 2.05) is 6.92 Å². The van der Waals surface area contributed by atoms with Crippen LogP contribution in [-0.4, -0.2) is 30.8 Å². The molecule has 98 valence electrons. The maximum Gasteiger partial charge on any atom is 0.149 e. The Hall–Kier alpha value is -0.370. The SMILES string of the molecule is CCC(C)C(=O)CN(C)CC1CC2CCC1C2. The summed E-state index contributed by atoms with van der Waals surface area (Å²) in [6, 6.07) is 0. The molecule has 0 aromatic carbocycles. The van der Waals surface area contributed by atoms with E-state index in [2.05, 4.69) is 18.9 Å². The van der Waals surface area contributed by atoms with Crippen molar-refractivity contribution in [2.24, 2.45) is 23.7 Å². The Morgan fingerprint density at radius 3 is 2.65 bits per heavy atom. The summed E-state index contributed by atoms with van der Waals surface area (Å²) in [5, 5.41) is 0. The molecule has 2 bridgehead atoms. The number of nitrogens with zero attached hydrogens (tertiary/aromatic N) is 1. The van der Waals surface area contributed by atoms with Crippen molar-refractivity contribution in [3.63, 3.8) is 0 Å². The van der Waals surface area contributed by atoms with Crippen LogP contribution in [-0.2, 0) is 4.79 Å². The van der Waals surface area contributed by atoms with E-state index in [4.69, 9.17) is 0 Å². The summed E-state index contributed by atoms with van der Waals surface area (Å²) in [4.78, 5) is 14.1. The van der Waals surface area contributed by atoms with E-state index in [0.29, 0.717) is 12.3 Å². The molecule has 2 nitrogen and oxygen atoms in total. The first-order valence-corrected chi connectivity index (χ1v) is 7.31. The second kappa shape index (κ2) is 5.51. The van der Waals surface area contributed by atoms with Crippen LogP contribution in [0.25, 0.3) is 0 Å². The Bertz CT molecular complexity index is 276. The molecule has 0 saturated heterocycles. The number of Topliss-reactive ketones (excluding diaryl/α,β-unsaturated/α-hetero) is 1. The van der Waals surface area contributed by atoms with Crippen molar-refractivity contribution in [2.75, 3.05) is 20.1 Å². The molecule has 0 amide bonds. The number of fused-ring (bicyclic) bond motifs is 2. The molecule has 2 rings (SSSR count). The fraction of sp³-hybridized carbons (Fsp3) is 0.933. The van der Waals surface area contributed by atoms with Gasteiger partial charge in [-0.25, -0.2) is 0 Å². The Morgan fingerprint density at radius 2 is 2.12 bits per heavy atom. The minimum atomic E-state index is 0.234. The molecule has 2 heteroatoms. The van der Waals surface area contributed by atoms with Crippen LogP contribution in [0.2, 0.25) is 0 Å². The maximum absolute atomic E-state index is 11.9. The molecule has 0 aliphatic heterocycles. The minimum Gasteiger partial charge on any atom is -0.299 e.